The molecule has 0 spiro atoms. The van der Waals surface area contributed by atoms with Gasteiger partial charge in [-0.05, 0) is 55.5 Å². The van der Waals surface area contributed by atoms with E-state index < -0.39 is 0 Å². The fourth-order valence-electron chi connectivity index (χ4n) is 2.34. The molecule has 18 heavy (non-hydrogen) atoms. The van der Waals surface area contributed by atoms with Crippen LogP contribution in [0.1, 0.15) is 27.8 Å². The summed E-state index contributed by atoms with van der Waals surface area (Å²) in [5, 5.41) is 3.57. The first-order chi connectivity index (χ1) is 8.59. The Labute approximate surface area is 110 Å². The van der Waals surface area contributed by atoms with Gasteiger partial charge in [0.15, 0.2) is 0 Å². The molecule has 0 heterocycles. The Morgan fingerprint density at radius 3 is 2.17 bits per heavy atom. The van der Waals surface area contributed by atoms with E-state index in [1.807, 2.05) is 0 Å². The van der Waals surface area contributed by atoms with Gasteiger partial charge in [0.25, 0.3) is 0 Å². The van der Waals surface area contributed by atoms with Crippen molar-refractivity contribution in [2.24, 2.45) is 0 Å². The van der Waals surface area contributed by atoms with Crippen LogP contribution in [0.15, 0.2) is 36.4 Å². The molecule has 0 unspecified atom stereocenters. The van der Waals surface area contributed by atoms with Gasteiger partial charge in [-0.3, -0.25) is 0 Å². The molecule has 94 valence electrons. The molecular formula is C17H21N. The van der Waals surface area contributed by atoms with Crippen LogP contribution < -0.4 is 5.32 Å². The maximum absolute atomic E-state index is 3.57. The Kier molecular flexibility index (Phi) is 3.71. The van der Waals surface area contributed by atoms with Gasteiger partial charge < -0.3 is 5.32 Å². The summed E-state index contributed by atoms with van der Waals surface area (Å²) in [5.41, 5.74) is 8.04. The van der Waals surface area contributed by atoms with E-state index in [0.29, 0.717) is 0 Å². The van der Waals surface area contributed by atoms with Crippen LogP contribution in [0.2, 0.25) is 0 Å². The van der Waals surface area contributed by atoms with E-state index in [4.69, 9.17) is 0 Å². The molecule has 0 radical (unpaired) electrons. The molecule has 0 aliphatic heterocycles. The second-order valence-corrected chi connectivity index (χ2v) is 4.97. The Hall–Kier alpha value is -1.76. The van der Waals surface area contributed by atoms with E-state index in [9.17, 15) is 0 Å². The molecule has 0 fully saturated rings. The highest BCUT2D eigenvalue weighted by Gasteiger charge is 2.07. The number of aryl methyl sites for hydroxylation is 2. The third-order valence-corrected chi connectivity index (χ3v) is 3.67. The molecule has 0 aromatic heterocycles. The molecule has 0 saturated carbocycles. The minimum atomic E-state index is 0.880. The third kappa shape index (κ3) is 2.56. The molecule has 1 nitrogen and oxygen atoms in total. The zero-order valence-electron chi connectivity index (χ0n) is 11.7. The highest BCUT2D eigenvalue weighted by Crippen LogP contribution is 2.26. The first-order valence-electron chi connectivity index (χ1n) is 6.45. The molecule has 2 aromatic carbocycles. The average Bonchev–Trinajstić information content (AvgIpc) is 2.37. The average molecular weight is 239 g/mol. The maximum Gasteiger partial charge on any atom is 0.0405 e. The predicted octanol–water partition coefficient (Wildman–Crippen LogP) is 4.53. The summed E-state index contributed by atoms with van der Waals surface area (Å²) in [4.78, 5) is 0. The zero-order valence-corrected chi connectivity index (χ0v) is 11.7. The van der Waals surface area contributed by atoms with Gasteiger partial charge in [-0.25, -0.2) is 0 Å². The van der Waals surface area contributed by atoms with Gasteiger partial charge in [-0.15, -0.1) is 0 Å². The number of benzene rings is 2. The number of anilines is 1. The fourth-order valence-corrected chi connectivity index (χ4v) is 2.34. The topological polar surface area (TPSA) is 12.0 Å². The van der Waals surface area contributed by atoms with Gasteiger partial charge in [0.1, 0.15) is 0 Å². The number of rotatable bonds is 3. The summed E-state index contributed by atoms with van der Waals surface area (Å²) in [6, 6.07) is 12.8. The Balaban J connectivity index is 2.22. The first-order valence-corrected chi connectivity index (χ1v) is 6.45. The molecule has 0 aliphatic carbocycles. The van der Waals surface area contributed by atoms with E-state index in [1.165, 1.54) is 33.5 Å². The van der Waals surface area contributed by atoms with Gasteiger partial charge in [-0.2, -0.15) is 0 Å². The van der Waals surface area contributed by atoms with Gasteiger partial charge in [-0.1, -0.05) is 36.4 Å². The summed E-state index contributed by atoms with van der Waals surface area (Å²) in [6.07, 6.45) is 0. The number of nitrogens with one attached hydrogen (secondary N) is 1. The summed E-state index contributed by atoms with van der Waals surface area (Å²) >= 11 is 0. The van der Waals surface area contributed by atoms with Crippen molar-refractivity contribution in [3.8, 4) is 0 Å². The molecule has 2 rings (SSSR count). The van der Waals surface area contributed by atoms with Gasteiger partial charge >= 0.3 is 0 Å². The van der Waals surface area contributed by atoms with E-state index >= 15 is 0 Å². The second-order valence-electron chi connectivity index (χ2n) is 4.97. The van der Waals surface area contributed by atoms with Crippen molar-refractivity contribution < 1.29 is 0 Å². The first kappa shape index (κ1) is 12.7. The van der Waals surface area contributed by atoms with Crippen LogP contribution in [0.25, 0.3) is 0 Å². The molecule has 0 saturated heterocycles. The van der Waals surface area contributed by atoms with Crippen molar-refractivity contribution in [3.63, 3.8) is 0 Å². The van der Waals surface area contributed by atoms with E-state index in [0.717, 1.165) is 6.54 Å². The number of hydrogen-bond acceptors (Lipinski definition) is 1. The molecule has 0 aliphatic rings. The molecular weight excluding hydrogens is 218 g/mol. The van der Waals surface area contributed by atoms with Crippen LogP contribution in [0.5, 0.6) is 0 Å². The normalized spacial score (nSPS) is 10.4. The van der Waals surface area contributed by atoms with E-state index in [-0.39, 0.29) is 0 Å². The standard InChI is InChI=1S/C17H21N/c1-12-10-13(2)17(15(4)14(12)3)18-11-16-8-6-5-7-9-16/h5-10,18H,11H2,1-4H3. The Morgan fingerprint density at radius 1 is 0.833 bits per heavy atom. The molecule has 1 N–H and O–H groups in total. The van der Waals surface area contributed by atoms with Crippen molar-refractivity contribution in [2.45, 2.75) is 34.2 Å². The predicted molar refractivity (Wildman–Crippen MR) is 79.2 cm³/mol. The summed E-state index contributed by atoms with van der Waals surface area (Å²) in [6.45, 7) is 9.62. The summed E-state index contributed by atoms with van der Waals surface area (Å²) < 4.78 is 0. The SMILES string of the molecule is Cc1cc(C)c(NCc2ccccc2)c(C)c1C. The number of hydrogen-bond donors (Lipinski definition) is 1. The Bertz CT molecular complexity index is 541. The lowest BCUT2D eigenvalue weighted by atomic mass is 9.98. The van der Waals surface area contributed by atoms with Gasteiger partial charge in [0.05, 0.1) is 0 Å². The summed E-state index contributed by atoms with van der Waals surface area (Å²) in [7, 11) is 0. The van der Waals surface area contributed by atoms with Crippen molar-refractivity contribution in [1.29, 1.82) is 0 Å². The third-order valence-electron chi connectivity index (χ3n) is 3.67. The van der Waals surface area contributed by atoms with Crippen LogP contribution in [0.3, 0.4) is 0 Å². The van der Waals surface area contributed by atoms with Gasteiger partial charge in [0.2, 0.25) is 0 Å². The minimum absolute atomic E-state index is 0.880. The minimum Gasteiger partial charge on any atom is -0.381 e. The molecule has 0 amide bonds. The highest BCUT2D eigenvalue weighted by molar-refractivity contribution is 5.61. The van der Waals surface area contributed by atoms with Crippen LogP contribution in [0, 0.1) is 27.7 Å². The molecule has 1 heteroatoms. The van der Waals surface area contributed by atoms with Crippen molar-refractivity contribution in [3.05, 3.63) is 64.2 Å². The van der Waals surface area contributed by atoms with Crippen molar-refractivity contribution in [1.82, 2.24) is 0 Å². The highest BCUT2D eigenvalue weighted by atomic mass is 14.9. The van der Waals surface area contributed by atoms with E-state index in [2.05, 4.69) is 69.4 Å². The molecule has 2 aromatic rings. The zero-order chi connectivity index (χ0) is 13.1. The fraction of sp³-hybridized carbons (Fsp3) is 0.294. The van der Waals surface area contributed by atoms with Crippen LogP contribution >= 0.6 is 0 Å². The van der Waals surface area contributed by atoms with Crippen molar-refractivity contribution >= 4 is 5.69 Å². The lowest BCUT2D eigenvalue weighted by Gasteiger charge is -2.16. The smallest absolute Gasteiger partial charge is 0.0405 e. The molecule has 0 atom stereocenters. The largest absolute Gasteiger partial charge is 0.381 e. The second kappa shape index (κ2) is 5.26. The molecule has 0 bridgehead atoms. The monoisotopic (exact) mass is 239 g/mol. The van der Waals surface area contributed by atoms with Crippen molar-refractivity contribution in [2.75, 3.05) is 5.32 Å². The van der Waals surface area contributed by atoms with Gasteiger partial charge in [0, 0.05) is 12.2 Å². The summed E-state index contributed by atoms with van der Waals surface area (Å²) in [5.74, 6) is 0. The van der Waals surface area contributed by atoms with E-state index in [1.54, 1.807) is 0 Å². The maximum atomic E-state index is 3.57. The Morgan fingerprint density at radius 2 is 1.50 bits per heavy atom. The van der Waals surface area contributed by atoms with Crippen LogP contribution in [-0.4, -0.2) is 0 Å². The van der Waals surface area contributed by atoms with Crippen LogP contribution in [0.4, 0.5) is 5.69 Å². The lowest BCUT2D eigenvalue weighted by Crippen LogP contribution is -2.04. The lowest BCUT2D eigenvalue weighted by molar-refractivity contribution is 1.11. The quantitative estimate of drug-likeness (QED) is 0.829. The van der Waals surface area contributed by atoms with Crippen LogP contribution in [-0.2, 0) is 6.54 Å².